The summed E-state index contributed by atoms with van der Waals surface area (Å²) in [6.45, 7) is 0.0731. The van der Waals surface area contributed by atoms with Crippen molar-refractivity contribution in [2.45, 2.75) is 38.2 Å². The molecular formula is C26H22Cl2F6N2O3. The van der Waals surface area contributed by atoms with Crippen molar-refractivity contribution < 1.29 is 40.7 Å². The van der Waals surface area contributed by atoms with E-state index in [0.29, 0.717) is 18.9 Å². The summed E-state index contributed by atoms with van der Waals surface area (Å²) < 4.78 is 87.3. The fourth-order valence-electron chi connectivity index (χ4n) is 4.80. The number of likely N-dealkylation sites (tertiary alicyclic amines) is 1. The molecule has 13 heteroatoms. The van der Waals surface area contributed by atoms with Crippen LogP contribution < -0.4 is 0 Å². The third-order valence-corrected chi connectivity index (χ3v) is 7.55. The van der Waals surface area contributed by atoms with E-state index in [4.69, 9.17) is 23.2 Å². The Morgan fingerprint density at radius 3 is 2.26 bits per heavy atom. The molecule has 5 nitrogen and oxygen atoms in total. The van der Waals surface area contributed by atoms with Gasteiger partial charge in [-0.2, -0.15) is 26.3 Å². The Labute approximate surface area is 229 Å². The molecule has 0 bridgehead atoms. The number of hydrogen-bond acceptors (Lipinski definition) is 3. The zero-order valence-corrected chi connectivity index (χ0v) is 21.9. The summed E-state index contributed by atoms with van der Waals surface area (Å²) >= 11 is 12.6. The predicted octanol–water partition coefficient (Wildman–Crippen LogP) is 7.45. The number of esters is 1. The minimum absolute atomic E-state index is 0.0183. The van der Waals surface area contributed by atoms with Gasteiger partial charge < -0.3 is 14.2 Å². The van der Waals surface area contributed by atoms with Gasteiger partial charge in [-0.05, 0) is 49.1 Å². The highest BCUT2D eigenvalue weighted by Gasteiger charge is 2.37. The van der Waals surface area contributed by atoms with Crippen LogP contribution in [-0.2, 0) is 28.4 Å². The first-order valence-electron chi connectivity index (χ1n) is 11.8. The number of rotatable bonds is 5. The summed E-state index contributed by atoms with van der Waals surface area (Å²) in [4.78, 5) is 26.3. The number of alkyl halides is 6. The van der Waals surface area contributed by atoms with Gasteiger partial charge in [-0.3, -0.25) is 9.59 Å². The van der Waals surface area contributed by atoms with Crippen molar-refractivity contribution in [3.63, 3.8) is 0 Å². The molecule has 0 saturated carbocycles. The Bertz CT molecular complexity index is 1410. The van der Waals surface area contributed by atoms with Gasteiger partial charge in [0.25, 0.3) is 5.91 Å². The molecule has 39 heavy (non-hydrogen) atoms. The number of fused-ring (bicyclic) bond motifs is 1. The molecule has 1 amide bonds. The molecule has 1 aliphatic heterocycles. The van der Waals surface area contributed by atoms with Crippen molar-refractivity contribution in [2.75, 3.05) is 20.2 Å². The summed E-state index contributed by atoms with van der Waals surface area (Å²) in [5, 5.41) is -0.616. The fourth-order valence-corrected chi connectivity index (χ4v) is 5.44. The molecule has 0 spiro atoms. The number of piperidine rings is 1. The maximum Gasteiger partial charge on any atom is 0.416 e. The van der Waals surface area contributed by atoms with Crippen LogP contribution in [0.3, 0.4) is 0 Å². The smallest absolute Gasteiger partial charge is 0.416 e. The lowest BCUT2D eigenvalue weighted by molar-refractivity contribution is -0.142. The fraction of sp³-hybridized carbons (Fsp3) is 0.385. The second-order valence-electron chi connectivity index (χ2n) is 9.30. The van der Waals surface area contributed by atoms with Crippen LogP contribution in [0.25, 0.3) is 10.9 Å². The number of benzene rings is 2. The molecule has 1 saturated heterocycles. The number of aromatic nitrogens is 1. The lowest BCUT2D eigenvalue weighted by Gasteiger charge is -2.32. The maximum absolute atomic E-state index is 13.9. The molecule has 1 aromatic heterocycles. The van der Waals surface area contributed by atoms with Gasteiger partial charge in [0.05, 0.1) is 39.4 Å². The number of carbonyl (C=O) groups excluding carboxylic acids is 2. The molecule has 0 N–H and O–H groups in total. The van der Waals surface area contributed by atoms with Gasteiger partial charge in [-0.15, -0.1) is 0 Å². The second-order valence-corrected chi connectivity index (χ2v) is 10.1. The van der Waals surface area contributed by atoms with E-state index in [0.717, 1.165) is 18.2 Å². The average Bonchev–Trinajstić information content (AvgIpc) is 3.27. The van der Waals surface area contributed by atoms with Crippen molar-refractivity contribution in [3.8, 4) is 0 Å². The van der Waals surface area contributed by atoms with Crippen LogP contribution in [-0.4, -0.2) is 41.5 Å². The SMILES string of the molecule is COC(=O)CC1CCN(C(=O)c2ccc(C(F)(F)F)c(Cn3ccc4cc(C(F)(F)F)cc(Cl)c43)c2Cl)CC1. The number of nitrogens with zero attached hydrogens (tertiary/aromatic N) is 2. The van der Waals surface area contributed by atoms with E-state index in [9.17, 15) is 35.9 Å². The lowest BCUT2D eigenvalue weighted by Crippen LogP contribution is -2.39. The Kier molecular flexibility index (Phi) is 8.14. The van der Waals surface area contributed by atoms with Crippen LogP contribution in [0.15, 0.2) is 36.5 Å². The minimum Gasteiger partial charge on any atom is -0.469 e. The van der Waals surface area contributed by atoms with E-state index < -0.39 is 46.5 Å². The molecule has 210 valence electrons. The molecular weight excluding hydrogens is 573 g/mol. The Hall–Kier alpha value is -2.92. The van der Waals surface area contributed by atoms with Crippen molar-refractivity contribution in [1.29, 1.82) is 0 Å². The molecule has 0 aliphatic carbocycles. The number of hydrogen-bond donors (Lipinski definition) is 0. The first-order valence-corrected chi connectivity index (χ1v) is 12.6. The maximum atomic E-state index is 13.9. The second kappa shape index (κ2) is 10.9. The summed E-state index contributed by atoms with van der Waals surface area (Å²) in [6, 6.07) is 4.66. The first kappa shape index (κ1) is 29.1. The van der Waals surface area contributed by atoms with Crippen molar-refractivity contribution in [1.82, 2.24) is 9.47 Å². The number of carbonyl (C=O) groups is 2. The third kappa shape index (κ3) is 6.14. The van der Waals surface area contributed by atoms with Gasteiger partial charge in [-0.1, -0.05) is 23.2 Å². The van der Waals surface area contributed by atoms with Gasteiger partial charge in [0.15, 0.2) is 0 Å². The third-order valence-electron chi connectivity index (χ3n) is 6.83. The number of ether oxygens (including phenoxy) is 1. The van der Waals surface area contributed by atoms with Gasteiger partial charge in [-0.25, -0.2) is 0 Å². The summed E-state index contributed by atoms with van der Waals surface area (Å²) in [5.74, 6) is -0.899. The zero-order valence-electron chi connectivity index (χ0n) is 20.4. The van der Waals surface area contributed by atoms with Crippen LogP contribution in [0.4, 0.5) is 26.3 Å². The highest BCUT2D eigenvalue weighted by molar-refractivity contribution is 6.35. The van der Waals surface area contributed by atoms with E-state index >= 15 is 0 Å². The molecule has 1 fully saturated rings. The summed E-state index contributed by atoms with van der Waals surface area (Å²) in [5.41, 5.74) is -2.52. The van der Waals surface area contributed by atoms with Crippen LogP contribution in [0.5, 0.6) is 0 Å². The zero-order chi connectivity index (χ0) is 28.7. The van der Waals surface area contributed by atoms with Crippen LogP contribution >= 0.6 is 23.2 Å². The van der Waals surface area contributed by atoms with Crippen molar-refractivity contribution in [2.24, 2.45) is 5.92 Å². The number of halogens is 8. The van der Waals surface area contributed by atoms with Crippen molar-refractivity contribution in [3.05, 3.63) is 68.8 Å². The van der Waals surface area contributed by atoms with Gasteiger partial charge in [0.1, 0.15) is 0 Å². The van der Waals surface area contributed by atoms with Gasteiger partial charge in [0, 0.05) is 43.2 Å². The van der Waals surface area contributed by atoms with Crippen LogP contribution in [0.2, 0.25) is 10.0 Å². The lowest BCUT2D eigenvalue weighted by atomic mass is 9.93. The Morgan fingerprint density at radius 1 is 1.00 bits per heavy atom. The highest BCUT2D eigenvalue weighted by Crippen LogP contribution is 2.40. The predicted molar refractivity (Wildman–Crippen MR) is 133 cm³/mol. The normalized spacial score (nSPS) is 15.2. The summed E-state index contributed by atoms with van der Waals surface area (Å²) in [6.07, 6.45) is -6.92. The van der Waals surface area contributed by atoms with Gasteiger partial charge >= 0.3 is 18.3 Å². The monoisotopic (exact) mass is 594 g/mol. The van der Waals surface area contributed by atoms with E-state index in [1.54, 1.807) is 0 Å². The molecule has 0 unspecified atom stereocenters. The van der Waals surface area contributed by atoms with Crippen LogP contribution in [0, 0.1) is 5.92 Å². The Morgan fingerprint density at radius 2 is 1.67 bits per heavy atom. The van der Waals surface area contributed by atoms with E-state index in [2.05, 4.69) is 4.74 Å². The molecule has 1 aliphatic rings. The number of amides is 1. The van der Waals surface area contributed by atoms with Gasteiger partial charge in [0.2, 0.25) is 0 Å². The Balaban J connectivity index is 1.67. The van der Waals surface area contributed by atoms with E-state index in [-0.39, 0.29) is 52.9 Å². The van der Waals surface area contributed by atoms with Crippen LogP contribution in [0.1, 0.15) is 46.3 Å². The molecule has 0 radical (unpaired) electrons. The van der Waals surface area contributed by atoms with E-state index in [1.807, 2.05) is 0 Å². The quantitative estimate of drug-likeness (QED) is 0.228. The molecule has 0 atom stereocenters. The first-order chi connectivity index (χ1) is 18.2. The topological polar surface area (TPSA) is 51.5 Å². The van der Waals surface area contributed by atoms with Crippen molar-refractivity contribution >= 4 is 46.0 Å². The number of methoxy groups -OCH3 is 1. The molecule has 2 heterocycles. The molecule has 3 aromatic rings. The largest absolute Gasteiger partial charge is 0.469 e. The average molecular weight is 595 g/mol. The highest BCUT2D eigenvalue weighted by atomic mass is 35.5. The minimum atomic E-state index is -4.82. The summed E-state index contributed by atoms with van der Waals surface area (Å²) in [7, 11) is 1.29. The molecule has 2 aromatic carbocycles. The standard InChI is InChI=1S/C26H22Cl2F6N2O3/c1-39-21(37)10-14-4-7-35(8-5-14)24(38)17-2-3-19(26(32,33)34)18(22(17)28)13-36-9-6-15-11-16(25(29,30)31)12-20(27)23(15)36/h2-3,6,9,11-12,14H,4-5,7-8,10,13H2,1H3. The molecule has 4 rings (SSSR count). The van der Waals surface area contributed by atoms with E-state index in [1.165, 1.54) is 28.8 Å².